The molecule has 2 heterocycles. The number of ether oxygens (including phenoxy) is 2. The molecule has 0 atom stereocenters. The molecule has 2 saturated heterocycles. The monoisotopic (exact) mass is 429 g/mol. The molecule has 2 aliphatic heterocycles. The van der Waals surface area contributed by atoms with Gasteiger partial charge in [0.15, 0.2) is 0 Å². The van der Waals surface area contributed by atoms with E-state index in [9.17, 15) is 0 Å². The smallest absolute Gasteiger partial charge is 0.0466 e. The van der Waals surface area contributed by atoms with Crippen molar-refractivity contribution in [3.05, 3.63) is 0 Å². The van der Waals surface area contributed by atoms with Gasteiger partial charge in [0.2, 0.25) is 0 Å². The molecule has 0 saturated carbocycles. The van der Waals surface area contributed by atoms with Crippen LogP contribution in [0.15, 0.2) is 0 Å². The summed E-state index contributed by atoms with van der Waals surface area (Å²) in [6, 6.07) is 0. The molecular formula is C8H16Cl3HfO2-3. The van der Waals surface area contributed by atoms with Crippen molar-refractivity contribution < 1.29 is 72.5 Å². The number of hydrogen-bond donors (Lipinski definition) is 0. The first kappa shape index (κ1) is 24.8. The molecule has 88 valence electrons. The van der Waals surface area contributed by atoms with Crippen LogP contribution < -0.4 is 37.2 Å². The van der Waals surface area contributed by atoms with Crippen LogP contribution in [-0.2, 0) is 35.3 Å². The van der Waals surface area contributed by atoms with E-state index in [0.29, 0.717) is 0 Å². The standard InChI is InChI=1S/2C4H8O.3ClH.Hf/c2*1-2-4-5-3-1;;;;/h2*1-4H2;3*1H;/p-3. The molecule has 0 aromatic carbocycles. The van der Waals surface area contributed by atoms with Crippen LogP contribution in [0.2, 0.25) is 0 Å². The van der Waals surface area contributed by atoms with Gasteiger partial charge < -0.3 is 46.7 Å². The Balaban J connectivity index is -0.0000000556. The van der Waals surface area contributed by atoms with Crippen LogP contribution in [0.1, 0.15) is 25.7 Å². The predicted octanol–water partition coefficient (Wildman–Crippen LogP) is -7.40. The molecule has 2 fully saturated rings. The molecule has 0 aliphatic carbocycles. The second kappa shape index (κ2) is 20.1. The Hall–Kier alpha value is 1.66. The second-order valence-electron chi connectivity index (χ2n) is 2.64. The fraction of sp³-hybridized carbons (Fsp3) is 1.00. The Bertz CT molecular complexity index is 55.8. The third-order valence-corrected chi connectivity index (χ3v) is 1.65. The molecule has 0 amide bonds. The largest absolute Gasteiger partial charge is 1.00 e. The van der Waals surface area contributed by atoms with Crippen molar-refractivity contribution in [2.75, 3.05) is 26.4 Å². The molecule has 0 aromatic rings. The first-order chi connectivity index (χ1) is 5.00. The molecule has 0 N–H and O–H groups in total. The van der Waals surface area contributed by atoms with Gasteiger partial charge in [-0.1, -0.05) is 0 Å². The van der Waals surface area contributed by atoms with E-state index in [1.807, 2.05) is 0 Å². The molecular weight excluding hydrogens is 413 g/mol. The van der Waals surface area contributed by atoms with Crippen molar-refractivity contribution >= 4 is 0 Å². The van der Waals surface area contributed by atoms with Crippen molar-refractivity contribution in [2.24, 2.45) is 0 Å². The molecule has 6 heteroatoms. The summed E-state index contributed by atoms with van der Waals surface area (Å²) in [5, 5.41) is 0. The summed E-state index contributed by atoms with van der Waals surface area (Å²) in [7, 11) is 0. The third-order valence-electron chi connectivity index (χ3n) is 1.65. The van der Waals surface area contributed by atoms with E-state index in [1.54, 1.807) is 0 Å². The molecule has 2 aliphatic rings. The number of hydrogen-bond acceptors (Lipinski definition) is 2. The van der Waals surface area contributed by atoms with Gasteiger partial charge >= 0.3 is 0 Å². The van der Waals surface area contributed by atoms with E-state index in [4.69, 9.17) is 9.47 Å². The van der Waals surface area contributed by atoms with Crippen LogP contribution in [0.5, 0.6) is 0 Å². The maximum atomic E-state index is 4.94. The quantitative estimate of drug-likeness (QED) is 0.357. The van der Waals surface area contributed by atoms with Gasteiger partial charge in [0.1, 0.15) is 0 Å². The van der Waals surface area contributed by atoms with Crippen molar-refractivity contribution in [3.63, 3.8) is 0 Å². The van der Waals surface area contributed by atoms with Gasteiger partial charge in [-0.05, 0) is 25.7 Å². The van der Waals surface area contributed by atoms with Crippen LogP contribution in [0, 0.1) is 0 Å². The summed E-state index contributed by atoms with van der Waals surface area (Å²) in [5.74, 6) is 0. The minimum Gasteiger partial charge on any atom is -1.00 e. The summed E-state index contributed by atoms with van der Waals surface area (Å²) in [5.41, 5.74) is 0. The van der Waals surface area contributed by atoms with Gasteiger partial charge in [0.25, 0.3) is 0 Å². The summed E-state index contributed by atoms with van der Waals surface area (Å²) < 4.78 is 9.89. The SMILES string of the molecule is C1CCOC1.C1CCOC1.[Cl-].[Cl-].[Cl-].[Hf]. The van der Waals surface area contributed by atoms with Gasteiger partial charge in [-0.15, -0.1) is 0 Å². The summed E-state index contributed by atoms with van der Waals surface area (Å²) in [6.45, 7) is 4.00. The first-order valence-electron chi connectivity index (χ1n) is 4.15. The molecule has 2 nitrogen and oxygen atoms in total. The van der Waals surface area contributed by atoms with Gasteiger partial charge in [0.05, 0.1) is 0 Å². The first-order valence-corrected chi connectivity index (χ1v) is 4.15. The Morgan fingerprint density at radius 3 is 0.786 bits per heavy atom. The van der Waals surface area contributed by atoms with E-state index in [2.05, 4.69) is 0 Å². The summed E-state index contributed by atoms with van der Waals surface area (Å²) in [6.07, 6.45) is 5.11. The zero-order chi connectivity index (χ0) is 7.07. The Morgan fingerprint density at radius 2 is 0.714 bits per heavy atom. The van der Waals surface area contributed by atoms with E-state index in [0.717, 1.165) is 26.4 Å². The van der Waals surface area contributed by atoms with Gasteiger partial charge in [0, 0.05) is 52.3 Å². The third kappa shape index (κ3) is 16.1. The minimum atomic E-state index is 0. The zero-order valence-electron chi connectivity index (χ0n) is 8.11. The molecule has 0 spiro atoms. The van der Waals surface area contributed by atoms with E-state index >= 15 is 0 Å². The maximum absolute atomic E-state index is 4.94. The predicted molar refractivity (Wildman–Crippen MR) is 40.1 cm³/mol. The average Bonchev–Trinajstić information content (AvgIpc) is 2.67. The molecule has 0 unspecified atom stereocenters. The Kier molecular flexibility index (Phi) is 35.6. The van der Waals surface area contributed by atoms with Gasteiger partial charge in [-0.2, -0.15) is 0 Å². The number of rotatable bonds is 0. The minimum absolute atomic E-state index is 0. The Labute approximate surface area is 124 Å². The average molecular weight is 429 g/mol. The zero-order valence-corrected chi connectivity index (χ0v) is 14.0. The van der Waals surface area contributed by atoms with Crippen LogP contribution >= 0.6 is 0 Å². The van der Waals surface area contributed by atoms with Crippen LogP contribution in [-0.4, -0.2) is 26.4 Å². The van der Waals surface area contributed by atoms with E-state index < -0.39 is 0 Å². The fourth-order valence-electron chi connectivity index (χ4n) is 1.02. The van der Waals surface area contributed by atoms with Crippen molar-refractivity contribution in [1.82, 2.24) is 0 Å². The molecule has 0 bridgehead atoms. The van der Waals surface area contributed by atoms with Crippen LogP contribution in [0.3, 0.4) is 0 Å². The molecule has 0 radical (unpaired) electrons. The summed E-state index contributed by atoms with van der Waals surface area (Å²) in [4.78, 5) is 0. The second-order valence-corrected chi connectivity index (χ2v) is 2.64. The van der Waals surface area contributed by atoms with Crippen LogP contribution in [0.4, 0.5) is 0 Å². The van der Waals surface area contributed by atoms with Crippen molar-refractivity contribution in [3.8, 4) is 0 Å². The summed E-state index contributed by atoms with van der Waals surface area (Å²) >= 11 is 0. The normalized spacial score (nSPS) is 17.1. The fourth-order valence-corrected chi connectivity index (χ4v) is 1.02. The van der Waals surface area contributed by atoms with E-state index in [1.165, 1.54) is 25.7 Å². The topological polar surface area (TPSA) is 18.5 Å². The molecule has 14 heavy (non-hydrogen) atoms. The van der Waals surface area contributed by atoms with Crippen molar-refractivity contribution in [2.45, 2.75) is 25.7 Å². The Morgan fingerprint density at radius 1 is 0.500 bits per heavy atom. The van der Waals surface area contributed by atoms with Crippen molar-refractivity contribution in [1.29, 1.82) is 0 Å². The van der Waals surface area contributed by atoms with Crippen LogP contribution in [0.25, 0.3) is 0 Å². The number of halogens is 3. The molecule has 0 aromatic heterocycles. The maximum Gasteiger partial charge on any atom is 0.0466 e. The van der Waals surface area contributed by atoms with Gasteiger partial charge in [-0.3, -0.25) is 0 Å². The van der Waals surface area contributed by atoms with Gasteiger partial charge in [-0.25, -0.2) is 0 Å². The molecule has 2 rings (SSSR count). The van der Waals surface area contributed by atoms with E-state index in [-0.39, 0.29) is 63.1 Å².